The van der Waals surface area contributed by atoms with Crippen molar-refractivity contribution in [1.29, 1.82) is 0 Å². The van der Waals surface area contributed by atoms with Crippen molar-refractivity contribution in [3.05, 3.63) is 123 Å². The van der Waals surface area contributed by atoms with Gasteiger partial charge in [0, 0.05) is 0 Å². The fraction of sp³-hybridized carbons (Fsp3) is 0. The molecule has 0 rings (SSSR count). The van der Waals surface area contributed by atoms with E-state index >= 15 is 0 Å². The Morgan fingerprint density at radius 2 is 0.650 bits per heavy atom. The van der Waals surface area contributed by atoms with E-state index in [1.807, 2.05) is 91.1 Å². The molecule has 0 heteroatoms. The van der Waals surface area contributed by atoms with Crippen molar-refractivity contribution in [3.8, 4) is 0 Å². The van der Waals surface area contributed by atoms with Gasteiger partial charge in [-0.05, 0) is 0 Å². The second-order valence-corrected chi connectivity index (χ2v) is 3.51. The molecule has 0 fully saturated rings. The number of hydrogen-bond acceptors (Lipinski definition) is 0. The zero-order valence-electron chi connectivity index (χ0n) is 11.7. The molecule has 0 aliphatic rings. The molecule has 1 radical (unpaired) electrons. The average Bonchev–Trinajstić information content (AvgIpc) is 2.47. The molecule has 0 nitrogen and oxygen atoms in total. The normalized spacial score (nSPS) is 13.8. The first kappa shape index (κ1) is 17.4. The molecule has 0 saturated heterocycles. The quantitative estimate of drug-likeness (QED) is 0.473. The van der Waals surface area contributed by atoms with E-state index in [1.54, 1.807) is 12.2 Å². The van der Waals surface area contributed by atoms with Crippen LogP contribution in [0.5, 0.6) is 0 Å². The molecule has 0 aromatic rings. The van der Waals surface area contributed by atoms with E-state index in [2.05, 4.69) is 6.58 Å². The van der Waals surface area contributed by atoms with Gasteiger partial charge in [-0.2, -0.15) is 0 Å². The Balaban J connectivity index is 3.86. The Morgan fingerprint density at radius 1 is 0.400 bits per heavy atom. The fourth-order valence-electron chi connectivity index (χ4n) is 1.04. The van der Waals surface area contributed by atoms with Crippen LogP contribution >= 0.6 is 0 Å². The highest BCUT2D eigenvalue weighted by Gasteiger charge is 1.64. The van der Waals surface area contributed by atoms with E-state index in [0.29, 0.717) is 0 Å². The molecule has 0 N–H and O–H groups in total. The molecule has 0 spiro atoms. The Labute approximate surface area is 123 Å². The maximum absolute atomic E-state index is 5.19. The lowest BCUT2D eigenvalue weighted by molar-refractivity contribution is 1.83. The van der Waals surface area contributed by atoms with Crippen molar-refractivity contribution in [2.24, 2.45) is 0 Å². The molecule has 0 unspecified atom stereocenters. The summed E-state index contributed by atoms with van der Waals surface area (Å²) in [5, 5.41) is 0. The highest BCUT2D eigenvalue weighted by atomic mass is 13.7. The summed E-state index contributed by atoms with van der Waals surface area (Å²) in [6, 6.07) is 0. The Hall–Kier alpha value is -2.60. The van der Waals surface area contributed by atoms with Crippen molar-refractivity contribution in [3.63, 3.8) is 0 Å². The summed E-state index contributed by atoms with van der Waals surface area (Å²) in [7, 11) is 0. The maximum atomic E-state index is 5.19. The van der Waals surface area contributed by atoms with Crippen LogP contribution in [0, 0.1) is 6.58 Å². The van der Waals surface area contributed by atoms with Crippen LogP contribution in [0.25, 0.3) is 0 Å². The lowest BCUT2D eigenvalue weighted by atomic mass is 10.3. The lowest BCUT2D eigenvalue weighted by Gasteiger charge is -1.75. The molecule has 0 aliphatic carbocycles. The second-order valence-electron chi connectivity index (χ2n) is 3.51. The first-order chi connectivity index (χ1) is 9.91. The van der Waals surface area contributed by atoms with Gasteiger partial charge in [0.15, 0.2) is 0 Å². The number of hydrogen-bond donors (Lipinski definition) is 0. The third-order valence-electron chi connectivity index (χ3n) is 1.91. The molecule has 0 aromatic heterocycles. The van der Waals surface area contributed by atoms with Crippen LogP contribution in [-0.2, 0) is 0 Å². The minimum Gasteiger partial charge on any atom is -0.0991 e. The summed E-state index contributed by atoms with van der Waals surface area (Å²) < 4.78 is 0. The van der Waals surface area contributed by atoms with E-state index in [-0.39, 0.29) is 0 Å². The molecule has 0 aromatic carbocycles. The standard InChI is InChI=1S/C20H21/c1-3-5-7-9-11-13-15-17-19-20-18-16-14-12-10-8-6-4-2/h1,3-20H,2H2. The summed E-state index contributed by atoms with van der Waals surface area (Å²) in [6.45, 7) is 8.78. The van der Waals surface area contributed by atoms with E-state index in [0.717, 1.165) is 0 Å². The van der Waals surface area contributed by atoms with Gasteiger partial charge in [-0.3, -0.25) is 0 Å². The molecule has 20 heavy (non-hydrogen) atoms. The van der Waals surface area contributed by atoms with Crippen LogP contribution < -0.4 is 0 Å². The summed E-state index contributed by atoms with van der Waals surface area (Å²) in [4.78, 5) is 0. The molecule has 0 atom stereocenters. The first-order valence-corrected chi connectivity index (χ1v) is 6.41. The van der Waals surface area contributed by atoms with Gasteiger partial charge in [0.1, 0.15) is 0 Å². The largest absolute Gasteiger partial charge is 0.0991 e. The molecule has 0 saturated carbocycles. The van der Waals surface area contributed by atoms with Crippen LogP contribution in [-0.4, -0.2) is 0 Å². The van der Waals surface area contributed by atoms with E-state index in [9.17, 15) is 0 Å². The summed E-state index contributed by atoms with van der Waals surface area (Å²) in [5.74, 6) is 0. The topological polar surface area (TPSA) is 0 Å². The predicted octanol–water partition coefficient (Wildman–Crippen LogP) is 5.61. The van der Waals surface area contributed by atoms with Crippen LogP contribution in [0.1, 0.15) is 0 Å². The van der Waals surface area contributed by atoms with Crippen molar-refractivity contribution >= 4 is 0 Å². The molecule has 0 bridgehead atoms. The van der Waals surface area contributed by atoms with E-state index in [1.165, 1.54) is 6.08 Å². The Bertz CT molecular complexity index is 426. The molecule has 0 amide bonds. The highest BCUT2D eigenvalue weighted by molar-refractivity contribution is 5.21. The lowest BCUT2D eigenvalue weighted by Crippen LogP contribution is -1.53. The smallest absolute Gasteiger partial charge is 0.0623 e. The minimum atomic E-state index is 1.50. The number of rotatable bonds is 9. The summed E-state index contributed by atoms with van der Waals surface area (Å²) in [5.41, 5.74) is 0. The van der Waals surface area contributed by atoms with Crippen molar-refractivity contribution < 1.29 is 0 Å². The second kappa shape index (κ2) is 16.4. The predicted molar refractivity (Wildman–Crippen MR) is 92.2 cm³/mol. The van der Waals surface area contributed by atoms with Crippen molar-refractivity contribution in [1.82, 2.24) is 0 Å². The molecule has 101 valence electrons. The van der Waals surface area contributed by atoms with Gasteiger partial charge >= 0.3 is 0 Å². The third-order valence-corrected chi connectivity index (χ3v) is 1.91. The Morgan fingerprint density at radius 3 is 0.900 bits per heavy atom. The van der Waals surface area contributed by atoms with Gasteiger partial charge in [-0.15, -0.1) is 0 Å². The molecular weight excluding hydrogens is 240 g/mol. The molecular formula is C20H21. The number of allylic oxidation sites excluding steroid dienone is 18. The van der Waals surface area contributed by atoms with Gasteiger partial charge in [-0.1, -0.05) is 123 Å². The zero-order valence-corrected chi connectivity index (χ0v) is 11.7. The highest BCUT2D eigenvalue weighted by Crippen LogP contribution is 1.86. The SMILES string of the molecule is [CH]=CC=CC=CC=CC=CC=CC=CC=CC=CC=C. The van der Waals surface area contributed by atoms with Crippen molar-refractivity contribution in [2.75, 3.05) is 0 Å². The van der Waals surface area contributed by atoms with Gasteiger partial charge in [0.05, 0.1) is 0 Å². The maximum Gasteiger partial charge on any atom is -0.0623 e. The third kappa shape index (κ3) is 15.4. The summed E-state index contributed by atoms with van der Waals surface area (Å²) in [6.07, 6.45) is 34.2. The van der Waals surface area contributed by atoms with Crippen LogP contribution in [0.3, 0.4) is 0 Å². The van der Waals surface area contributed by atoms with Crippen molar-refractivity contribution in [2.45, 2.75) is 0 Å². The van der Waals surface area contributed by atoms with Gasteiger partial charge < -0.3 is 0 Å². The fourth-order valence-corrected chi connectivity index (χ4v) is 1.04. The van der Waals surface area contributed by atoms with E-state index < -0.39 is 0 Å². The Kier molecular flexibility index (Phi) is 14.3. The van der Waals surface area contributed by atoms with Gasteiger partial charge in [-0.25, -0.2) is 0 Å². The van der Waals surface area contributed by atoms with Gasteiger partial charge in [0.2, 0.25) is 0 Å². The minimum absolute atomic E-state index is 1.50. The molecule has 0 heterocycles. The molecule has 0 aliphatic heterocycles. The van der Waals surface area contributed by atoms with Gasteiger partial charge in [0.25, 0.3) is 0 Å². The average molecular weight is 261 g/mol. The summed E-state index contributed by atoms with van der Waals surface area (Å²) >= 11 is 0. The monoisotopic (exact) mass is 261 g/mol. The first-order valence-electron chi connectivity index (χ1n) is 6.41. The zero-order chi connectivity index (χ0) is 14.7. The van der Waals surface area contributed by atoms with E-state index in [4.69, 9.17) is 6.58 Å². The van der Waals surface area contributed by atoms with Crippen LogP contribution in [0.2, 0.25) is 0 Å². The van der Waals surface area contributed by atoms with Crippen LogP contribution in [0.4, 0.5) is 0 Å². The van der Waals surface area contributed by atoms with Crippen LogP contribution in [0.15, 0.2) is 116 Å².